The van der Waals surface area contributed by atoms with Crippen LogP contribution in [0.4, 0.5) is 0 Å². The Morgan fingerprint density at radius 2 is 1.94 bits per heavy atom. The number of nitrogens with zero attached hydrogens (tertiary/aromatic N) is 1. The molecule has 0 aliphatic carbocycles. The molecule has 18 heavy (non-hydrogen) atoms. The van der Waals surface area contributed by atoms with Gasteiger partial charge in [-0.15, -0.1) is 0 Å². The van der Waals surface area contributed by atoms with Crippen LogP contribution in [0.1, 0.15) is 31.9 Å². The lowest BCUT2D eigenvalue weighted by molar-refractivity contribution is -0.138. The van der Waals surface area contributed by atoms with Crippen LogP contribution in [0.5, 0.6) is 5.75 Å². The van der Waals surface area contributed by atoms with Gasteiger partial charge in [0.05, 0.1) is 7.11 Å². The number of hydrogen-bond acceptors (Lipinski definition) is 2. The van der Waals surface area contributed by atoms with Gasteiger partial charge in [0.2, 0.25) is 5.91 Å². The maximum Gasteiger partial charge on any atom is 0.227 e. The zero-order valence-corrected chi connectivity index (χ0v) is 12.2. The zero-order valence-electron chi connectivity index (χ0n) is 12.2. The highest BCUT2D eigenvalue weighted by molar-refractivity contribution is 5.81. The van der Waals surface area contributed by atoms with Crippen LogP contribution < -0.4 is 4.74 Å². The fourth-order valence-corrected chi connectivity index (χ4v) is 1.93. The van der Waals surface area contributed by atoms with Crippen molar-refractivity contribution < 1.29 is 9.53 Å². The Labute approximate surface area is 110 Å². The minimum absolute atomic E-state index is 0.131. The van der Waals surface area contributed by atoms with Crippen LogP contribution in [0.15, 0.2) is 18.2 Å². The molecular formula is C15H23NO2. The molecule has 0 saturated carbocycles. The number of ether oxygens (including phenoxy) is 1. The second kappa shape index (κ2) is 5.42. The Morgan fingerprint density at radius 1 is 1.33 bits per heavy atom. The van der Waals surface area contributed by atoms with Crippen molar-refractivity contribution in [1.82, 2.24) is 4.90 Å². The lowest BCUT2D eigenvalue weighted by atomic mass is 9.94. The van der Waals surface area contributed by atoms with Gasteiger partial charge in [0.1, 0.15) is 5.75 Å². The van der Waals surface area contributed by atoms with Gasteiger partial charge in [-0.25, -0.2) is 0 Å². The highest BCUT2D eigenvalue weighted by atomic mass is 16.5. The van der Waals surface area contributed by atoms with Crippen molar-refractivity contribution >= 4 is 5.91 Å². The standard InChI is InChI=1S/C15H23NO2/c1-11-7-8-13(18-6)12(9-11)10-16(5)14(17)15(2,3)4/h7-9H,10H2,1-6H3. The first-order valence-corrected chi connectivity index (χ1v) is 6.15. The molecule has 0 saturated heterocycles. The zero-order chi connectivity index (χ0) is 13.9. The molecule has 0 unspecified atom stereocenters. The summed E-state index contributed by atoms with van der Waals surface area (Å²) in [7, 11) is 3.48. The van der Waals surface area contributed by atoms with E-state index < -0.39 is 0 Å². The van der Waals surface area contributed by atoms with Crippen LogP contribution in [0.25, 0.3) is 0 Å². The molecule has 100 valence electrons. The third-order valence-corrected chi connectivity index (χ3v) is 2.83. The van der Waals surface area contributed by atoms with E-state index in [4.69, 9.17) is 4.74 Å². The number of aryl methyl sites for hydroxylation is 1. The summed E-state index contributed by atoms with van der Waals surface area (Å²) < 4.78 is 5.33. The number of methoxy groups -OCH3 is 1. The first kappa shape index (κ1) is 14.6. The van der Waals surface area contributed by atoms with E-state index in [0.717, 1.165) is 11.3 Å². The van der Waals surface area contributed by atoms with E-state index in [9.17, 15) is 4.79 Å². The average Bonchev–Trinajstić information content (AvgIpc) is 2.27. The molecular weight excluding hydrogens is 226 g/mol. The summed E-state index contributed by atoms with van der Waals surface area (Å²) in [5.41, 5.74) is 1.85. The summed E-state index contributed by atoms with van der Waals surface area (Å²) in [6, 6.07) is 6.01. The van der Waals surface area contributed by atoms with Gasteiger partial charge in [-0.3, -0.25) is 4.79 Å². The van der Waals surface area contributed by atoms with Crippen LogP contribution in [0.3, 0.4) is 0 Å². The smallest absolute Gasteiger partial charge is 0.227 e. The molecule has 1 rings (SSSR count). The molecule has 1 aromatic carbocycles. The monoisotopic (exact) mass is 249 g/mol. The molecule has 0 bridgehead atoms. The van der Waals surface area contributed by atoms with Crippen LogP contribution in [-0.4, -0.2) is 25.0 Å². The lowest BCUT2D eigenvalue weighted by Crippen LogP contribution is -2.36. The van der Waals surface area contributed by atoms with Crippen molar-refractivity contribution in [3.05, 3.63) is 29.3 Å². The Hall–Kier alpha value is -1.51. The van der Waals surface area contributed by atoms with E-state index in [1.807, 2.05) is 46.9 Å². The van der Waals surface area contributed by atoms with Crippen molar-refractivity contribution in [2.24, 2.45) is 5.41 Å². The second-order valence-corrected chi connectivity index (χ2v) is 5.73. The van der Waals surface area contributed by atoms with E-state index in [-0.39, 0.29) is 11.3 Å². The van der Waals surface area contributed by atoms with E-state index >= 15 is 0 Å². The van der Waals surface area contributed by atoms with Gasteiger partial charge in [0.25, 0.3) is 0 Å². The predicted octanol–water partition coefficient (Wildman–Crippen LogP) is 3.01. The molecule has 0 radical (unpaired) electrons. The van der Waals surface area contributed by atoms with Crippen molar-refractivity contribution in [2.45, 2.75) is 34.2 Å². The summed E-state index contributed by atoms with van der Waals surface area (Å²) in [5.74, 6) is 0.959. The maximum absolute atomic E-state index is 12.1. The molecule has 1 amide bonds. The van der Waals surface area contributed by atoms with Crippen molar-refractivity contribution in [3.8, 4) is 5.75 Å². The fourth-order valence-electron chi connectivity index (χ4n) is 1.93. The normalized spacial score (nSPS) is 11.2. The third-order valence-electron chi connectivity index (χ3n) is 2.83. The minimum Gasteiger partial charge on any atom is -0.496 e. The Morgan fingerprint density at radius 3 is 2.44 bits per heavy atom. The van der Waals surface area contributed by atoms with E-state index in [0.29, 0.717) is 6.54 Å². The molecule has 0 N–H and O–H groups in total. The van der Waals surface area contributed by atoms with E-state index in [1.54, 1.807) is 12.0 Å². The average molecular weight is 249 g/mol. The largest absolute Gasteiger partial charge is 0.496 e. The summed E-state index contributed by atoms with van der Waals surface area (Å²) in [6.45, 7) is 8.40. The first-order valence-electron chi connectivity index (χ1n) is 6.15. The molecule has 3 nitrogen and oxygen atoms in total. The topological polar surface area (TPSA) is 29.5 Å². The van der Waals surface area contributed by atoms with Crippen molar-refractivity contribution in [3.63, 3.8) is 0 Å². The summed E-state index contributed by atoms with van der Waals surface area (Å²) >= 11 is 0. The molecule has 1 aromatic rings. The Kier molecular flexibility index (Phi) is 4.38. The Bertz CT molecular complexity index is 433. The van der Waals surface area contributed by atoms with Crippen molar-refractivity contribution in [1.29, 1.82) is 0 Å². The van der Waals surface area contributed by atoms with Gasteiger partial charge in [0, 0.05) is 24.6 Å². The fraction of sp³-hybridized carbons (Fsp3) is 0.533. The van der Waals surface area contributed by atoms with Crippen LogP contribution in [0.2, 0.25) is 0 Å². The molecule has 0 heterocycles. The minimum atomic E-state index is -0.355. The highest BCUT2D eigenvalue weighted by Gasteiger charge is 2.25. The van der Waals surface area contributed by atoms with Gasteiger partial charge < -0.3 is 9.64 Å². The maximum atomic E-state index is 12.1. The number of amides is 1. The summed E-state index contributed by atoms with van der Waals surface area (Å²) in [6.07, 6.45) is 0. The van der Waals surface area contributed by atoms with Crippen LogP contribution in [0, 0.1) is 12.3 Å². The number of benzene rings is 1. The molecule has 0 atom stereocenters. The van der Waals surface area contributed by atoms with Crippen LogP contribution >= 0.6 is 0 Å². The number of rotatable bonds is 3. The molecule has 0 aliphatic heterocycles. The van der Waals surface area contributed by atoms with Crippen LogP contribution in [-0.2, 0) is 11.3 Å². The van der Waals surface area contributed by atoms with E-state index in [1.165, 1.54) is 5.56 Å². The lowest BCUT2D eigenvalue weighted by Gasteiger charge is -2.26. The molecule has 0 spiro atoms. The Balaban J connectivity index is 2.91. The van der Waals surface area contributed by atoms with Gasteiger partial charge in [-0.05, 0) is 13.0 Å². The predicted molar refractivity (Wildman–Crippen MR) is 73.7 cm³/mol. The van der Waals surface area contributed by atoms with Gasteiger partial charge in [0.15, 0.2) is 0 Å². The molecule has 0 fully saturated rings. The number of carbonyl (C=O) groups is 1. The van der Waals surface area contributed by atoms with Gasteiger partial charge in [-0.1, -0.05) is 38.5 Å². The second-order valence-electron chi connectivity index (χ2n) is 5.73. The summed E-state index contributed by atoms with van der Waals surface area (Å²) in [4.78, 5) is 13.9. The quantitative estimate of drug-likeness (QED) is 0.824. The number of carbonyl (C=O) groups excluding carboxylic acids is 1. The molecule has 3 heteroatoms. The number of hydrogen-bond donors (Lipinski definition) is 0. The SMILES string of the molecule is COc1ccc(C)cc1CN(C)C(=O)C(C)(C)C. The molecule has 0 aromatic heterocycles. The van der Waals surface area contributed by atoms with Crippen molar-refractivity contribution in [2.75, 3.05) is 14.2 Å². The van der Waals surface area contributed by atoms with E-state index in [2.05, 4.69) is 6.07 Å². The van der Waals surface area contributed by atoms with Gasteiger partial charge >= 0.3 is 0 Å². The van der Waals surface area contributed by atoms with Gasteiger partial charge in [-0.2, -0.15) is 0 Å². The first-order chi connectivity index (χ1) is 8.25. The summed E-state index contributed by atoms with van der Waals surface area (Å²) in [5, 5.41) is 0. The third kappa shape index (κ3) is 3.49. The highest BCUT2D eigenvalue weighted by Crippen LogP contribution is 2.23. The molecule has 0 aliphatic rings.